The largest absolute Gasteiger partial charge is 0.322 e. The summed E-state index contributed by atoms with van der Waals surface area (Å²) in [6.07, 6.45) is 2.13. The molecule has 1 atom stereocenters. The van der Waals surface area contributed by atoms with Crippen molar-refractivity contribution in [3.05, 3.63) is 52.2 Å². The van der Waals surface area contributed by atoms with Crippen LogP contribution >= 0.6 is 11.3 Å². The lowest BCUT2D eigenvalue weighted by Gasteiger charge is -2.24. The molecule has 104 valence electrons. The van der Waals surface area contributed by atoms with Crippen molar-refractivity contribution in [2.75, 3.05) is 11.9 Å². The van der Waals surface area contributed by atoms with Crippen LogP contribution in [0.3, 0.4) is 0 Å². The Balaban J connectivity index is 1.73. The molecule has 0 saturated carbocycles. The van der Waals surface area contributed by atoms with Gasteiger partial charge in [0, 0.05) is 17.1 Å². The zero-order valence-electron chi connectivity index (χ0n) is 11.5. The van der Waals surface area contributed by atoms with Gasteiger partial charge in [-0.05, 0) is 48.9 Å². The van der Waals surface area contributed by atoms with Crippen molar-refractivity contribution < 1.29 is 4.79 Å². The first-order chi connectivity index (χ1) is 9.74. The van der Waals surface area contributed by atoms with E-state index in [-0.39, 0.29) is 12.1 Å². The van der Waals surface area contributed by atoms with Crippen molar-refractivity contribution in [3.63, 3.8) is 0 Å². The first kappa shape index (κ1) is 13.2. The van der Waals surface area contributed by atoms with E-state index < -0.39 is 0 Å². The van der Waals surface area contributed by atoms with Crippen molar-refractivity contribution >= 4 is 23.1 Å². The Kier molecular flexibility index (Phi) is 3.74. The van der Waals surface area contributed by atoms with Gasteiger partial charge in [-0.2, -0.15) is 0 Å². The minimum atomic E-state index is 0.00602. The molecule has 1 unspecified atom stereocenters. The van der Waals surface area contributed by atoms with Gasteiger partial charge in [0.2, 0.25) is 0 Å². The second-order valence-electron chi connectivity index (χ2n) is 5.17. The number of amides is 2. The van der Waals surface area contributed by atoms with Crippen LogP contribution < -0.4 is 5.32 Å². The molecule has 3 rings (SSSR count). The van der Waals surface area contributed by atoms with Crippen LogP contribution in [0.5, 0.6) is 0 Å². The Labute approximate surface area is 123 Å². The summed E-state index contributed by atoms with van der Waals surface area (Å²) in [7, 11) is 0. The third kappa shape index (κ3) is 2.70. The molecule has 1 aliphatic rings. The van der Waals surface area contributed by atoms with Gasteiger partial charge < -0.3 is 10.2 Å². The van der Waals surface area contributed by atoms with Gasteiger partial charge in [-0.15, -0.1) is 11.3 Å². The Morgan fingerprint density at radius 2 is 2.25 bits per heavy atom. The highest BCUT2D eigenvalue weighted by Gasteiger charge is 2.30. The fourth-order valence-corrected chi connectivity index (χ4v) is 3.58. The fourth-order valence-electron chi connectivity index (χ4n) is 2.70. The zero-order valence-corrected chi connectivity index (χ0v) is 12.3. The normalized spacial score (nSPS) is 18.2. The molecule has 2 amide bonds. The summed E-state index contributed by atoms with van der Waals surface area (Å²) in [5, 5.41) is 5.08. The molecule has 0 spiro atoms. The van der Waals surface area contributed by atoms with Crippen molar-refractivity contribution in [2.45, 2.75) is 25.8 Å². The van der Waals surface area contributed by atoms with Crippen LogP contribution in [-0.4, -0.2) is 17.5 Å². The summed E-state index contributed by atoms with van der Waals surface area (Å²) >= 11 is 1.73. The van der Waals surface area contributed by atoms with Gasteiger partial charge in [0.15, 0.2) is 0 Å². The van der Waals surface area contributed by atoms with Crippen LogP contribution in [0.25, 0.3) is 0 Å². The molecule has 1 aromatic heterocycles. The van der Waals surface area contributed by atoms with E-state index in [4.69, 9.17) is 0 Å². The second-order valence-corrected chi connectivity index (χ2v) is 6.15. The van der Waals surface area contributed by atoms with Crippen molar-refractivity contribution in [2.24, 2.45) is 0 Å². The van der Waals surface area contributed by atoms with Gasteiger partial charge in [0.1, 0.15) is 0 Å². The predicted molar refractivity (Wildman–Crippen MR) is 83.2 cm³/mol. The molecule has 1 aliphatic heterocycles. The Morgan fingerprint density at radius 3 is 3.00 bits per heavy atom. The maximum Gasteiger partial charge on any atom is 0.322 e. The van der Waals surface area contributed by atoms with Crippen molar-refractivity contribution in [1.29, 1.82) is 0 Å². The maximum absolute atomic E-state index is 12.5. The lowest BCUT2D eigenvalue weighted by Crippen LogP contribution is -2.34. The van der Waals surface area contributed by atoms with Crippen LogP contribution in [0.15, 0.2) is 41.8 Å². The number of rotatable bonds is 2. The summed E-state index contributed by atoms with van der Waals surface area (Å²) in [6, 6.07) is 12.3. The average Bonchev–Trinajstić information content (AvgIpc) is 3.09. The van der Waals surface area contributed by atoms with Gasteiger partial charge in [0.25, 0.3) is 0 Å². The number of urea groups is 1. The third-order valence-electron chi connectivity index (χ3n) is 3.65. The number of nitrogens with zero attached hydrogens (tertiary/aromatic N) is 1. The topological polar surface area (TPSA) is 32.3 Å². The molecular weight excluding hydrogens is 268 g/mol. The van der Waals surface area contributed by atoms with Gasteiger partial charge in [0.05, 0.1) is 6.04 Å². The van der Waals surface area contributed by atoms with Gasteiger partial charge in [-0.1, -0.05) is 18.2 Å². The standard InChI is InChI=1S/C16H18N2OS/c1-12-5-2-6-13(11-12)17-16(19)18-9-3-7-14(18)15-8-4-10-20-15/h2,4-6,8,10-11,14H,3,7,9H2,1H3,(H,17,19). The summed E-state index contributed by atoms with van der Waals surface area (Å²) in [6.45, 7) is 2.86. The first-order valence-corrected chi connectivity index (χ1v) is 7.80. The lowest BCUT2D eigenvalue weighted by molar-refractivity contribution is 0.208. The highest BCUT2D eigenvalue weighted by molar-refractivity contribution is 7.10. The minimum Gasteiger partial charge on any atom is -0.317 e. The zero-order chi connectivity index (χ0) is 13.9. The Hall–Kier alpha value is -1.81. The molecule has 0 radical (unpaired) electrons. The molecule has 1 fully saturated rings. The van der Waals surface area contributed by atoms with E-state index in [0.29, 0.717) is 0 Å². The molecule has 1 N–H and O–H groups in total. The van der Waals surface area contributed by atoms with E-state index in [9.17, 15) is 4.79 Å². The van der Waals surface area contributed by atoms with Crippen LogP contribution in [0.2, 0.25) is 0 Å². The van der Waals surface area contributed by atoms with Crippen molar-refractivity contribution in [1.82, 2.24) is 4.90 Å². The monoisotopic (exact) mass is 286 g/mol. The molecule has 2 heterocycles. The maximum atomic E-state index is 12.5. The van der Waals surface area contributed by atoms with Crippen LogP contribution in [0, 0.1) is 6.92 Å². The quantitative estimate of drug-likeness (QED) is 0.870. The SMILES string of the molecule is Cc1cccc(NC(=O)N2CCCC2c2cccs2)c1. The predicted octanol–water partition coefficient (Wildman–Crippen LogP) is 4.43. The number of hydrogen-bond donors (Lipinski definition) is 1. The van der Waals surface area contributed by atoms with Crippen LogP contribution in [0.4, 0.5) is 10.5 Å². The summed E-state index contributed by atoms with van der Waals surface area (Å²) in [5.74, 6) is 0. The molecule has 1 saturated heterocycles. The number of thiophene rings is 1. The summed E-state index contributed by atoms with van der Waals surface area (Å²) < 4.78 is 0. The number of aryl methyl sites for hydroxylation is 1. The van der Waals surface area contributed by atoms with E-state index in [1.807, 2.05) is 36.1 Å². The number of benzene rings is 1. The number of likely N-dealkylation sites (tertiary alicyclic amines) is 1. The van der Waals surface area contributed by atoms with Gasteiger partial charge in [-0.3, -0.25) is 0 Å². The minimum absolute atomic E-state index is 0.00602. The van der Waals surface area contributed by atoms with E-state index in [1.54, 1.807) is 11.3 Å². The van der Waals surface area contributed by atoms with Crippen LogP contribution in [0.1, 0.15) is 29.3 Å². The Bertz CT molecular complexity index is 594. The van der Waals surface area contributed by atoms with Crippen molar-refractivity contribution in [3.8, 4) is 0 Å². The number of carbonyl (C=O) groups is 1. The van der Waals surface area contributed by atoms with E-state index in [2.05, 4.69) is 22.8 Å². The number of carbonyl (C=O) groups excluding carboxylic acids is 1. The fraction of sp³-hybridized carbons (Fsp3) is 0.312. The molecular formula is C16H18N2OS. The first-order valence-electron chi connectivity index (χ1n) is 6.92. The second kappa shape index (κ2) is 5.67. The number of anilines is 1. The molecule has 0 aliphatic carbocycles. The van der Waals surface area contributed by atoms with E-state index >= 15 is 0 Å². The summed E-state index contributed by atoms with van der Waals surface area (Å²) in [5.41, 5.74) is 2.02. The smallest absolute Gasteiger partial charge is 0.317 e. The summed E-state index contributed by atoms with van der Waals surface area (Å²) in [4.78, 5) is 15.7. The van der Waals surface area contributed by atoms with Gasteiger partial charge in [-0.25, -0.2) is 4.79 Å². The third-order valence-corrected chi connectivity index (χ3v) is 4.63. The molecule has 20 heavy (non-hydrogen) atoms. The molecule has 4 heteroatoms. The molecule has 1 aromatic carbocycles. The van der Waals surface area contributed by atoms with E-state index in [0.717, 1.165) is 30.6 Å². The van der Waals surface area contributed by atoms with Crippen LogP contribution in [-0.2, 0) is 0 Å². The highest BCUT2D eigenvalue weighted by Crippen LogP contribution is 2.34. The molecule has 2 aromatic rings. The van der Waals surface area contributed by atoms with Gasteiger partial charge >= 0.3 is 6.03 Å². The molecule has 3 nitrogen and oxygen atoms in total. The van der Waals surface area contributed by atoms with E-state index in [1.165, 1.54) is 4.88 Å². The highest BCUT2D eigenvalue weighted by atomic mass is 32.1. The molecule has 0 bridgehead atoms. The average molecular weight is 286 g/mol. The lowest BCUT2D eigenvalue weighted by atomic mass is 10.2. The number of nitrogens with one attached hydrogen (secondary N) is 1. The Morgan fingerprint density at radius 1 is 1.35 bits per heavy atom. The number of hydrogen-bond acceptors (Lipinski definition) is 2.